The lowest BCUT2D eigenvalue weighted by Gasteiger charge is -2.12. The minimum atomic E-state index is -0.0772. The molecule has 1 aromatic heterocycles. The Bertz CT molecular complexity index is 1020. The Morgan fingerprint density at radius 2 is 2.00 bits per heavy atom. The van der Waals surface area contributed by atoms with E-state index in [1.807, 2.05) is 43.3 Å². The molecule has 27 heavy (non-hydrogen) atoms. The molecule has 0 spiro atoms. The zero-order valence-corrected chi connectivity index (χ0v) is 16.3. The van der Waals surface area contributed by atoms with E-state index in [0.717, 1.165) is 17.2 Å². The second-order valence-electron chi connectivity index (χ2n) is 6.15. The van der Waals surface area contributed by atoms with Crippen LogP contribution in [0.1, 0.15) is 13.3 Å². The Balaban J connectivity index is 1.85. The van der Waals surface area contributed by atoms with Crippen molar-refractivity contribution < 1.29 is 9.53 Å². The summed E-state index contributed by atoms with van der Waals surface area (Å²) < 4.78 is 6.59. The number of thioether (sulfide) groups is 1. The van der Waals surface area contributed by atoms with Crippen LogP contribution in [0.4, 0.5) is 0 Å². The van der Waals surface area contributed by atoms with Gasteiger partial charge < -0.3 is 10.1 Å². The zero-order valence-electron chi connectivity index (χ0n) is 15.5. The number of hydrogen-bond acceptors (Lipinski definition) is 5. The molecule has 7 heteroatoms. The van der Waals surface area contributed by atoms with Crippen molar-refractivity contribution in [3.63, 3.8) is 0 Å². The van der Waals surface area contributed by atoms with Gasteiger partial charge in [0.15, 0.2) is 5.16 Å². The highest BCUT2D eigenvalue weighted by molar-refractivity contribution is 7.99. The lowest BCUT2D eigenvalue weighted by molar-refractivity contribution is -0.118. The number of carbonyl (C=O) groups excluding carboxylic acids is 1. The van der Waals surface area contributed by atoms with Crippen LogP contribution < -0.4 is 10.9 Å². The summed E-state index contributed by atoms with van der Waals surface area (Å²) >= 11 is 1.29. The van der Waals surface area contributed by atoms with Crippen LogP contribution in [0.25, 0.3) is 21.7 Å². The highest BCUT2D eigenvalue weighted by atomic mass is 32.2. The number of fused-ring (bicyclic) bond motifs is 2. The monoisotopic (exact) mass is 385 g/mol. The van der Waals surface area contributed by atoms with E-state index in [2.05, 4.69) is 10.3 Å². The summed E-state index contributed by atoms with van der Waals surface area (Å²) in [5.41, 5.74) is 0.586. The van der Waals surface area contributed by atoms with Gasteiger partial charge in [-0.2, -0.15) is 0 Å². The number of ether oxygens (including phenoxy) is 1. The molecule has 2 aromatic carbocycles. The first-order chi connectivity index (χ1) is 13.1. The number of nitrogens with zero attached hydrogens (tertiary/aromatic N) is 2. The Morgan fingerprint density at radius 3 is 2.70 bits per heavy atom. The number of carbonyl (C=O) groups is 1. The van der Waals surface area contributed by atoms with Crippen molar-refractivity contribution in [3.8, 4) is 0 Å². The number of benzene rings is 2. The fraction of sp³-hybridized carbons (Fsp3) is 0.350. The smallest absolute Gasteiger partial charge is 0.262 e. The predicted molar refractivity (Wildman–Crippen MR) is 109 cm³/mol. The lowest BCUT2D eigenvalue weighted by atomic mass is 10.1. The van der Waals surface area contributed by atoms with Crippen molar-refractivity contribution in [2.75, 3.05) is 26.0 Å². The van der Waals surface area contributed by atoms with Gasteiger partial charge in [-0.1, -0.05) is 36.0 Å². The molecule has 0 saturated heterocycles. The van der Waals surface area contributed by atoms with Crippen molar-refractivity contribution in [2.24, 2.45) is 0 Å². The van der Waals surface area contributed by atoms with E-state index in [9.17, 15) is 9.59 Å². The molecule has 0 aliphatic heterocycles. The summed E-state index contributed by atoms with van der Waals surface area (Å²) in [4.78, 5) is 29.6. The van der Waals surface area contributed by atoms with E-state index < -0.39 is 0 Å². The molecule has 1 amide bonds. The summed E-state index contributed by atoms with van der Waals surface area (Å²) in [7, 11) is 1.64. The molecular weight excluding hydrogens is 362 g/mol. The highest BCUT2D eigenvalue weighted by Gasteiger charge is 2.13. The Hall–Kier alpha value is -2.38. The molecule has 0 fully saturated rings. The first-order valence-electron chi connectivity index (χ1n) is 8.95. The number of amides is 1. The van der Waals surface area contributed by atoms with Crippen LogP contribution in [0.3, 0.4) is 0 Å². The molecule has 1 N–H and O–H groups in total. The number of aromatic nitrogens is 2. The molecule has 6 nitrogen and oxygen atoms in total. The standard InChI is InChI=1S/C20H23N3O3S/c1-3-23-19(25)16-11-14-7-4-5-8-15(14)12-17(16)22-20(23)27-13-18(24)21-9-6-10-26-2/h4-5,7-8,11-12H,3,6,9-10,13H2,1-2H3,(H,21,24). The molecule has 142 valence electrons. The third-order valence-electron chi connectivity index (χ3n) is 4.28. The fourth-order valence-corrected chi connectivity index (χ4v) is 3.80. The third kappa shape index (κ3) is 4.48. The van der Waals surface area contributed by atoms with Crippen LogP contribution in [0.5, 0.6) is 0 Å². The predicted octanol–water partition coefficient (Wildman–Crippen LogP) is 2.81. The van der Waals surface area contributed by atoms with Crippen molar-refractivity contribution in [2.45, 2.75) is 25.0 Å². The molecule has 1 heterocycles. The Morgan fingerprint density at radius 1 is 1.26 bits per heavy atom. The van der Waals surface area contributed by atoms with Crippen LogP contribution in [0.15, 0.2) is 46.3 Å². The van der Waals surface area contributed by atoms with Gasteiger partial charge in [-0.3, -0.25) is 14.2 Å². The summed E-state index contributed by atoms with van der Waals surface area (Å²) in [6.07, 6.45) is 0.772. The number of nitrogens with one attached hydrogen (secondary N) is 1. The molecular formula is C20H23N3O3S. The second-order valence-corrected chi connectivity index (χ2v) is 7.09. The maximum Gasteiger partial charge on any atom is 0.262 e. The largest absolute Gasteiger partial charge is 0.385 e. The molecule has 0 radical (unpaired) electrons. The van der Waals surface area contributed by atoms with E-state index in [1.165, 1.54) is 11.8 Å². The van der Waals surface area contributed by atoms with Crippen LogP contribution in [0, 0.1) is 0 Å². The summed E-state index contributed by atoms with van der Waals surface area (Å²) in [6.45, 7) is 3.60. The molecule has 0 atom stereocenters. The summed E-state index contributed by atoms with van der Waals surface area (Å²) in [5, 5.41) is 6.07. The van der Waals surface area contributed by atoms with Gasteiger partial charge in [0.25, 0.3) is 5.56 Å². The van der Waals surface area contributed by atoms with E-state index in [0.29, 0.717) is 35.8 Å². The summed E-state index contributed by atoms with van der Waals surface area (Å²) in [6, 6.07) is 11.7. The number of rotatable bonds is 8. The Labute approximate surface area is 161 Å². The van der Waals surface area contributed by atoms with Crippen molar-refractivity contribution >= 4 is 39.3 Å². The molecule has 0 aliphatic carbocycles. The average Bonchev–Trinajstić information content (AvgIpc) is 2.68. The van der Waals surface area contributed by atoms with Gasteiger partial charge >= 0.3 is 0 Å². The molecule has 3 rings (SSSR count). The van der Waals surface area contributed by atoms with Crippen LogP contribution in [-0.4, -0.2) is 41.5 Å². The molecule has 0 saturated carbocycles. The topological polar surface area (TPSA) is 73.2 Å². The first-order valence-corrected chi connectivity index (χ1v) is 9.94. The van der Waals surface area contributed by atoms with E-state index >= 15 is 0 Å². The molecule has 3 aromatic rings. The first kappa shape index (κ1) is 19.4. The minimum absolute atomic E-state index is 0.0729. The van der Waals surface area contributed by atoms with Crippen molar-refractivity contribution in [3.05, 3.63) is 46.8 Å². The molecule has 0 unspecified atom stereocenters. The van der Waals surface area contributed by atoms with E-state index in [-0.39, 0.29) is 17.2 Å². The van der Waals surface area contributed by atoms with Gasteiger partial charge in [0.05, 0.1) is 16.7 Å². The third-order valence-corrected chi connectivity index (χ3v) is 5.26. The van der Waals surface area contributed by atoms with Crippen molar-refractivity contribution in [1.82, 2.24) is 14.9 Å². The number of hydrogen-bond donors (Lipinski definition) is 1. The van der Waals surface area contributed by atoms with Gasteiger partial charge in [-0.25, -0.2) is 4.98 Å². The zero-order chi connectivity index (χ0) is 19.2. The fourth-order valence-electron chi connectivity index (χ4n) is 2.90. The van der Waals surface area contributed by atoms with Crippen LogP contribution in [-0.2, 0) is 16.1 Å². The number of methoxy groups -OCH3 is 1. The second kappa shape index (κ2) is 9.01. The maximum atomic E-state index is 12.9. The SMILES string of the molecule is CCn1c(SCC(=O)NCCCOC)nc2cc3ccccc3cc2c1=O. The van der Waals surface area contributed by atoms with Crippen molar-refractivity contribution in [1.29, 1.82) is 0 Å². The van der Waals surface area contributed by atoms with E-state index in [4.69, 9.17) is 4.74 Å². The van der Waals surface area contributed by atoms with Crippen LogP contribution >= 0.6 is 11.8 Å². The molecule has 0 aliphatic rings. The Kier molecular flexibility index (Phi) is 6.47. The van der Waals surface area contributed by atoms with Gasteiger partial charge in [0.1, 0.15) is 0 Å². The van der Waals surface area contributed by atoms with Gasteiger partial charge in [0, 0.05) is 26.8 Å². The maximum absolute atomic E-state index is 12.9. The average molecular weight is 385 g/mol. The minimum Gasteiger partial charge on any atom is -0.385 e. The highest BCUT2D eigenvalue weighted by Crippen LogP contribution is 2.22. The van der Waals surface area contributed by atoms with Crippen LogP contribution in [0.2, 0.25) is 0 Å². The van der Waals surface area contributed by atoms with Gasteiger partial charge in [-0.15, -0.1) is 0 Å². The van der Waals surface area contributed by atoms with Gasteiger partial charge in [0.2, 0.25) is 5.91 Å². The molecule has 0 bridgehead atoms. The normalized spacial score (nSPS) is 11.2. The van der Waals surface area contributed by atoms with Gasteiger partial charge in [-0.05, 0) is 36.2 Å². The quantitative estimate of drug-likeness (QED) is 0.279. The lowest BCUT2D eigenvalue weighted by Crippen LogP contribution is -2.28. The summed E-state index contributed by atoms with van der Waals surface area (Å²) in [5.74, 6) is 0.144. The van der Waals surface area contributed by atoms with E-state index in [1.54, 1.807) is 11.7 Å².